The number of rotatable bonds is 13. The van der Waals surface area contributed by atoms with Crippen molar-refractivity contribution in [1.82, 2.24) is 20.1 Å². The summed E-state index contributed by atoms with van der Waals surface area (Å²) in [5, 5.41) is 8.62. The van der Waals surface area contributed by atoms with Crippen molar-refractivity contribution in [2.75, 3.05) is 73.4 Å². The molecule has 16 nitrogen and oxygen atoms in total. The molecule has 1 atom stereocenters. The molecule has 5 heterocycles. The van der Waals surface area contributed by atoms with Gasteiger partial charge in [-0.25, -0.2) is 4.39 Å². The van der Waals surface area contributed by atoms with Gasteiger partial charge in [-0.05, 0) is 136 Å². The summed E-state index contributed by atoms with van der Waals surface area (Å²) in [6.07, 6.45) is 5.97. The highest BCUT2D eigenvalue weighted by Crippen LogP contribution is 2.48. The Bertz CT molecular complexity index is 2820. The van der Waals surface area contributed by atoms with Gasteiger partial charge in [-0.3, -0.25) is 48.9 Å². The lowest BCUT2D eigenvalue weighted by molar-refractivity contribution is -0.136. The molecular weight excluding hydrogens is 872 g/mol. The van der Waals surface area contributed by atoms with Crippen LogP contribution >= 0.6 is 0 Å². The van der Waals surface area contributed by atoms with E-state index in [0.717, 1.165) is 98.0 Å². The lowest BCUT2D eigenvalue weighted by Crippen LogP contribution is -2.54. The summed E-state index contributed by atoms with van der Waals surface area (Å²) in [5.74, 6) is -0.771. The highest BCUT2D eigenvalue weighted by atomic mass is 19.1. The molecule has 0 bridgehead atoms. The van der Waals surface area contributed by atoms with E-state index in [-0.39, 0.29) is 18.4 Å². The summed E-state index contributed by atoms with van der Waals surface area (Å²) in [6, 6.07) is 22.5. The first-order valence-electron chi connectivity index (χ1n) is 23.2. The number of nitrogens with one attached hydrogen (secondary N) is 3. The number of benzene rings is 4. The van der Waals surface area contributed by atoms with Gasteiger partial charge in [0.05, 0.1) is 29.4 Å². The fourth-order valence-corrected chi connectivity index (χ4v) is 9.80. The van der Waals surface area contributed by atoms with Crippen LogP contribution in [0.25, 0.3) is 10.9 Å². The molecular formula is C51H51FN8O8. The number of imide groups is 2. The number of halogens is 1. The van der Waals surface area contributed by atoms with E-state index in [1.54, 1.807) is 55.8 Å². The first-order chi connectivity index (χ1) is 33.0. The van der Waals surface area contributed by atoms with Crippen molar-refractivity contribution in [1.29, 1.82) is 0 Å². The Morgan fingerprint density at radius 1 is 0.765 bits per heavy atom. The number of fused-ring (bicyclic) bond motifs is 2. The van der Waals surface area contributed by atoms with E-state index >= 15 is 0 Å². The Balaban J connectivity index is 0.699. The van der Waals surface area contributed by atoms with E-state index in [1.807, 2.05) is 12.1 Å². The van der Waals surface area contributed by atoms with Crippen molar-refractivity contribution < 1.29 is 42.6 Å². The van der Waals surface area contributed by atoms with Gasteiger partial charge in [-0.2, -0.15) is 0 Å². The topological polar surface area (TPSA) is 183 Å². The van der Waals surface area contributed by atoms with Crippen molar-refractivity contribution in [3.8, 4) is 17.2 Å². The van der Waals surface area contributed by atoms with Gasteiger partial charge in [0.15, 0.2) is 0 Å². The van der Waals surface area contributed by atoms with Gasteiger partial charge >= 0.3 is 0 Å². The van der Waals surface area contributed by atoms with Gasteiger partial charge in [0.1, 0.15) is 34.5 Å². The number of pyridine rings is 1. The smallest absolute Gasteiger partial charge is 0.262 e. The number of carbonyl (C=O) groups excluding carboxylic acids is 6. The number of hydrogen-bond donors (Lipinski definition) is 3. The molecule has 17 heteroatoms. The first-order valence-corrected chi connectivity index (χ1v) is 23.2. The van der Waals surface area contributed by atoms with E-state index in [0.29, 0.717) is 47.2 Å². The molecule has 1 aromatic heterocycles. The number of piperidine rings is 2. The minimum atomic E-state index is -1.18. The molecule has 10 rings (SSSR count). The number of piperazine rings is 1. The van der Waals surface area contributed by atoms with Gasteiger partial charge in [-0.15, -0.1) is 0 Å². The minimum Gasteiger partial charge on any atom is -0.495 e. The maximum Gasteiger partial charge on any atom is 0.262 e. The second-order valence-electron chi connectivity index (χ2n) is 18.2. The van der Waals surface area contributed by atoms with Crippen molar-refractivity contribution in [3.05, 3.63) is 108 Å². The Morgan fingerprint density at radius 2 is 1.44 bits per heavy atom. The number of aromatic nitrogens is 1. The molecule has 1 saturated carbocycles. The molecule has 4 aromatic carbocycles. The lowest BCUT2D eigenvalue weighted by atomic mass is 9.92. The minimum absolute atomic E-state index is 0.0826. The molecule has 0 spiro atoms. The second-order valence-corrected chi connectivity index (χ2v) is 18.2. The Labute approximate surface area is 391 Å². The van der Waals surface area contributed by atoms with Gasteiger partial charge in [0.25, 0.3) is 11.8 Å². The average molecular weight is 923 g/mol. The molecule has 0 radical (unpaired) electrons. The number of nitrogens with zero attached hydrogens (tertiary/aromatic N) is 5. The first kappa shape index (κ1) is 44.4. The van der Waals surface area contributed by atoms with Gasteiger partial charge in [0.2, 0.25) is 23.6 Å². The second kappa shape index (κ2) is 18.4. The average Bonchev–Trinajstić information content (AvgIpc) is 4.14. The quantitative estimate of drug-likeness (QED) is 0.0879. The Hall–Kier alpha value is -7.40. The predicted molar refractivity (Wildman–Crippen MR) is 251 cm³/mol. The van der Waals surface area contributed by atoms with Crippen molar-refractivity contribution in [2.24, 2.45) is 11.3 Å². The molecule has 68 heavy (non-hydrogen) atoms. The van der Waals surface area contributed by atoms with Crippen LogP contribution < -0.4 is 35.2 Å². The van der Waals surface area contributed by atoms with Crippen LogP contribution in [0.1, 0.15) is 65.7 Å². The molecule has 4 fully saturated rings. The summed E-state index contributed by atoms with van der Waals surface area (Å²) in [7, 11) is 1.67. The highest BCUT2D eigenvalue weighted by Gasteiger charge is 2.56. The standard InChI is InChI=1S/C51H51FN8O8/c1-67-44-29-39-40(53-20-14-43(39)68-36-9-6-34(7-10-36)55-50(66)51(18-19-51)49(65)54-33-4-2-32(52)3-5-33)30-42(44)59-22-16-31(17-23-59)15-21-57-24-26-58(27-25-57)35-8-11-37-38(28-35)48(64)60(47(37)63)41-12-13-45(61)56-46(41)62/h2-11,14,20,28-31,41H,12-13,15-19,21-27H2,1H3,(H,54,65)(H,55,66)(H,56,61,62). The van der Waals surface area contributed by atoms with Gasteiger partial charge in [0, 0.05) is 74.3 Å². The maximum atomic E-state index is 13.4. The Kier molecular flexibility index (Phi) is 12.0. The summed E-state index contributed by atoms with van der Waals surface area (Å²) in [4.78, 5) is 89.7. The largest absolute Gasteiger partial charge is 0.495 e. The molecule has 1 unspecified atom stereocenters. The van der Waals surface area contributed by atoms with Gasteiger partial charge < -0.3 is 29.9 Å². The summed E-state index contributed by atoms with van der Waals surface area (Å²) < 4.78 is 25.6. The SMILES string of the molecule is COc1cc2c(Oc3ccc(NC(=O)C4(C(=O)Nc5ccc(F)cc5)CC4)cc3)ccnc2cc1N1CCC(CCN2CCN(c3ccc4c(c3)C(=O)N(C3CCC(=O)NC3=O)C4=O)CC2)CC1. The molecule has 350 valence electrons. The molecule has 5 aliphatic rings. The molecule has 3 saturated heterocycles. The third kappa shape index (κ3) is 8.80. The summed E-state index contributed by atoms with van der Waals surface area (Å²) in [5.41, 5.74) is 2.98. The molecule has 3 N–H and O–H groups in total. The number of hydrogen-bond acceptors (Lipinski definition) is 12. The van der Waals surface area contributed by atoms with Crippen molar-refractivity contribution in [2.45, 2.75) is 51.0 Å². The zero-order valence-electron chi connectivity index (χ0n) is 37.6. The van der Waals surface area contributed by atoms with Crippen molar-refractivity contribution >= 4 is 69.1 Å². The summed E-state index contributed by atoms with van der Waals surface area (Å²) in [6.45, 7) is 6.11. The van der Waals surface area contributed by atoms with Crippen LogP contribution in [-0.2, 0) is 19.2 Å². The van der Waals surface area contributed by atoms with Crippen LogP contribution in [-0.4, -0.2) is 109 Å². The van der Waals surface area contributed by atoms with Crippen LogP contribution in [0.2, 0.25) is 0 Å². The van der Waals surface area contributed by atoms with E-state index in [4.69, 9.17) is 9.47 Å². The van der Waals surface area contributed by atoms with Gasteiger partial charge in [-0.1, -0.05) is 0 Å². The van der Waals surface area contributed by atoms with Crippen LogP contribution in [0, 0.1) is 17.2 Å². The van der Waals surface area contributed by atoms with Crippen LogP contribution in [0.15, 0.2) is 91.1 Å². The molecule has 6 amide bonds. The predicted octanol–water partition coefficient (Wildman–Crippen LogP) is 6.36. The highest BCUT2D eigenvalue weighted by molar-refractivity contribution is 6.24. The molecule has 5 aromatic rings. The number of methoxy groups -OCH3 is 1. The number of ether oxygens (including phenoxy) is 2. The zero-order valence-corrected chi connectivity index (χ0v) is 37.6. The van der Waals surface area contributed by atoms with Crippen LogP contribution in [0.5, 0.6) is 17.2 Å². The zero-order chi connectivity index (χ0) is 47.1. The van der Waals surface area contributed by atoms with E-state index in [9.17, 15) is 33.2 Å². The monoisotopic (exact) mass is 922 g/mol. The number of amides is 6. The van der Waals surface area contributed by atoms with Crippen LogP contribution in [0.4, 0.5) is 27.1 Å². The lowest BCUT2D eigenvalue weighted by Gasteiger charge is -2.38. The third-order valence-corrected chi connectivity index (χ3v) is 14.0. The third-order valence-electron chi connectivity index (χ3n) is 14.0. The molecule has 4 aliphatic heterocycles. The van der Waals surface area contributed by atoms with E-state index < -0.39 is 52.7 Å². The fraction of sp³-hybridized carbons (Fsp3) is 0.353. The van der Waals surface area contributed by atoms with E-state index in [1.165, 1.54) is 24.3 Å². The van der Waals surface area contributed by atoms with Crippen LogP contribution in [0.3, 0.4) is 0 Å². The van der Waals surface area contributed by atoms with E-state index in [2.05, 4.69) is 41.7 Å². The maximum absolute atomic E-state index is 13.4. The number of anilines is 4. The Morgan fingerprint density at radius 3 is 2.10 bits per heavy atom. The normalized spacial score (nSPS) is 19.4. The van der Waals surface area contributed by atoms with Crippen molar-refractivity contribution in [3.63, 3.8) is 0 Å². The summed E-state index contributed by atoms with van der Waals surface area (Å²) >= 11 is 0. The molecule has 1 aliphatic carbocycles. The number of carbonyl (C=O) groups is 6. The fourth-order valence-electron chi connectivity index (χ4n) is 9.80.